The van der Waals surface area contributed by atoms with Crippen LogP contribution in [0.15, 0.2) is 54.6 Å². The van der Waals surface area contributed by atoms with E-state index in [0.29, 0.717) is 37.2 Å². The first-order valence-corrected chi connectivity index (χ1v) is 11.6. The maximum Gasteiger partial charge on any atom is 0.239 e. The summed E-state index contributed by atoms with van der Waals surface area (Å²) in [6.07, 6.45) is 4.14. The van der Waals surface area contributed by atoms with Crippen molar-refractivity contribution in [2.75, 3.05) is 25.6 Å². The number of nitriles is 1. The van der Waals surface area contributed by atoms with E-state index in [1.165, 1.54) is 11.1 Å². The van der Waals surface area contributed by atoms with Crippen molar-refractivity contribution in [2.45, 2.75) is 32.2 Å². The van der Waals surface area contributed by atoms with Crippen LogP contribution in [0.3, 0.4) is 0 Å². The summed E-state index contributed by atoms with van der Waals surface area (Å²) in [7, 11) is 1.64. The quantitative estimate of drug-likeness (QED) is 0.386. The number of benzene rings is 2. The van der Waals surface area contributed by atoms with Crippen LogP contribution in [0.2, 0.25) is 0 Å². The van der Waals surface area contributed by atoms with Crippen molar-refractivity contribution >= 4 is 16.7 Å². The number of rotatable bonds is 8. The zero-order valence-corrected chi connectivity index (χ0v) is 19.3. The Labute approximate surface area is 199 Å². The Bertz CT molecular complexity index is 1340. The van der Waals surface area contributed by atoms with E-state index in [4.69, 9.17) is 19.4 Å². The molecule has 0 amide bonds. The summed E-state index contributed by atoms with van der Waals surface area (Å²) in [4.78, 5) is 9.97. The second kappa shape index (κ2) is 9.94. The maximum absolute atomic E-state index is 9.64. The van der Waals surface area contributed by atoms with Gasteiger partial charge in [0.2, 0.25) is 11.8 Å². The van der Waals surface area contributed by atoms with Gasteiger partial charge in [-0.15, -0.1) is 0 Å². The van der Waals surface area contributed by atoms with Crippen LogP contribution in [-0.4, -0.2) is 34.9 Å². The molecule has 0 radical (unpaired) electrons. The molecule has 0 aliphatic heterocycles. The van der Waals surface area contributed by atoms with Crippen LogP contribution < -0.4 is 10.1 Å². The SMILES string of the molecule is COCCOc1cc2c(C#N)cccc2n1-c1nc2c(c(NCc3ccccc3)n1)CCCC2. The average Bonchev–Trinajstić information content (AvgIpc) is 3.26. The van der Waals surface area contributed by atoms with E-state index < -0.39 is 0 Å². The molecule has 0 saturated heterocycles. The van der Waals surface area contributed by atoms with Crippen LogP contribution in [0, 0.1) is 11.3 Å². The summed E-state index contributed by atoms with van der Waals surface area (Å²) in [6, 6.07) is 20.1. The molecule has 1 N–H and O–H groups in total. The molecule has 5 rings (SSSR count). The molecule has 0 spiro atoms. The van der Waals surface area contributed by atoms with E-state index in [1.54, 1.807) is 7.11 Å². The number of hydrogen-bond donors (Lipinski definition) is 1. The van der Waals surface area contributed by atoms with Gasteiger partial charge >= 0.3 is 0 Å². The molecular weight excluding hydrogens is 426 g/mol. The molecular formula is C27H27N5O2. The van der Waals surface area contributed by atoms with Crippen LogP contribution in [0.4, 0.5) is 5.82 Å². The highest BCUT2D eigenvalue weighted by atomic mass is 16.5. The lowest BCUT2D eigenvalue weighted by atomic mass is 9.96. The smallest absolute Gasteiger partial charge is 0.239 e. The Morgan fingerprint density at radius 3 is 2.71 bits per heavy atom. The number of anilines is 1. The van der Waals surface area contributed by atoms with Crippen LogP contribution in [0.25, 0.3) is 16.9 Å². The Kier molecular flexibility index (Phi) is 6.41. The van der Waals surface area contributed by atoms with E-state index in [2.05, 4.69) is 23.5 Å². The Morgan fingerprint density at radius 1 is 1.03 bits per heavy atom. The molecule has 0 unspecified atom stereocenters. The largest absolute Gasteiger partial charge is 0.476 e. The van der Waals surface area contributed by atoms with Crippen molar-refractivity contribution < 1.29 is 9.47 Å². The second-order valence-corrected chi connectivity index (χ2v) is 8.35. The first kappa shape index (κ1) is 21.9. The molecule has 2 aromatic heterocycles. The Morgan fingerprint density at radius 2 is 1.88 bits per heavy atom. The van der Waals surface area contributed by atoms with Gasteiger partial charge in [-0.25, -0.2) is 9.55 Å². The summed E-state index contributed by atoms with van der Waals surface area (Å²) in [5.41, 5.74) is 4.90. The molecule has 172 valence electrons. The molecule has 0 fully saturated rings. The summed E-state index contributed by atoms with van der Waals surface area (Å²) in [5.74, 6) is 2.01. The standard InChI is InChI=1S/C27H27N5O2/c1-33-14-15-34-25-16-22-20(17-28)10-7-13-24(22)32(25)27-30-23-12-6-5-11-21(23)26(31-27)29-18-19-8-3-2-4-9-19/h2-4,7-10,13,16H,5-6,11-12,14-15,18H2,1H3,(H,29,30,31). The number of aromatic nitrogens is 3. The van der Waals surface area contributed by atoms with Gasteiger partial charge in [0, 0.05) is 30.7 Å². The van der Waals surface area contributed by atoms with E-state index in [9.17, 15) is 5.26 Å². The molecule has 0 saturated carbocycles. The Balaban J connectivity index is 1.62. The van der Waals surface area contributed by atoms with Crippen LogP contribution in [0.1, 0.15) is 35.2 Å². The highest BCUT2D eigenvalue weighted by Gasteiger charge is 2.22. The number of methoxy groups -OCH3 is 1. The number of nitrogens with one attached hydrogen (secondary N) is 1. The van der Waals surface area contributed by atoms with Gasteiger partial charge in [-0.2, -0.15) is 10.2 Å². The topological polar surface area (TPSA) is 85.0 Å². The minimum atomic E-state index is 0.388. The predicted octanol–water partition coefficient (Wildman–Crippen LogP) is 4.81. The molecule has 34 heavy (non-hydrogen) atoms. The number of nitrogens with zero attached hydrogens (tertiary/aromatic N) is 4. The van der Waals surface area contributed by atoms with Gasteiger partial charge in [0.1, 0.15) is 12.4 Å². The monoisotopic (exact) mass is 453 g/mol. The van der Waals surface area contributed by atoms with Crippen molar-refractivity contribution in [3.8, 4) is 17.9 Å². The molecule has 2 aromatic carbocycles. The van der Waals surface area contributed by atoms with Crippen LogP contribution in [-0.2, 0) is 24.1 Å². The molecule has 0 atom stereocenters. The van der Waals surface area contributed by atoms with Crippen molar-refractivity contribution in [3.63, 3.8) is 0 Å². The average molecular weight is 454 g/mol. The fourth-order valence-electron chi connectivity index (χ4n) is 4.45. The Hall–Kier alpha value is -3.89. The molecule has 2 heterocycles. The van der Waals surface area contributed by atoms with Crippen LogP contribution in [0.5, 0.6) is 5.88 Å². The summed E-state index contributed by atoms with van der Waals surface area (Å²) < 4.78 is 13.1. The van der Waals surface area contributed by atoms with Gasteiger partial charge in [-0.3, -0.25) is 0 Å². The first-order chi connectivity index (χ1) is 16.8. The summed E-state index contributed by atoms with van der Waals surface area (Å²) in [6.45, 7) is 1.53. The lowest BCUT2D eigenvalue weighted by Crippen LogP contribution is -2.16. The minimum Gasteiger partial charge on any atom is -0.476 e. The maximum atomic E-state index is 9.64. The fourth-order valence-corrected chi connectivity index (χ4v) is 4.45. The van der Waals surface area contributed by atoms with Gasteiger partial charge in [0.25, 0.3) is 0 Å². The van der Waals surface area contributed by atoms with Crippen molar-refractivity contribution in [1.29, 1.82) is 5.26 Å². The molecule has 1 aliphatic rings. The lowest BCUT2D eigenvalue weighted by molar-refractivity contribution is 0.143. The number of aryl methyl sites for hydroxylation is 1. The van der Waals surface area contributed by atoms with Gasteiger partial charge in [0.15, 0.2) is 0 Å². The molecule has 7 heteroatoms. The highest BCUT2D eigenvalue weighted by Crippen LogP contribution is 2.33. The molecule has 7 nitrogen and oxygen atoms in total. The minimum absolute atomic E-state index is 0.388. The third-order valence-corrected chi connectivity index (χ3v) is 6.14. The third kappa shape index (κ3) is 4.33. The number of ether oxygens (including phenoxy) is 2. The van der Waals surface area contributed by atoms with Crippen LogP contribution >= 0.6 is 0 Å². The van der Waals surface area contributed by atoms with E-state index >= 15 is 0 Å². The van der Waals surface area contributed by atoms with Gasteiger partial charge < -0.3 is 14.8 Å². The third-order valence-electron chi connectivity index (χ3n) is 6.14. The van der Waals surface area contributed by atoms with E-state index in [0.717, 1.165) is 48.1 Å². The zero-order valence-electron chi connectivity index (χ0n) is 19.3. The summed E-state index contributed by atoms with van der Waals surface area (Å²) >= 11 is 0. The van der Waals surface area contributed by atoms with Crippen molar-refractivity contribution in [3.05, 3.63) is 77.0 Å². The van der Waals surface area contributed by atoms with Gasteiger partial charge in [-0.1, -0.05) is 36.4 Å². The van der Waals surface area contributed by atoms with Gasteiger partial charge in [0.05, 0.1) is 29.5 Å². The normalized spacial score (nSPS) is 12.8. The molecule has 4 aromatic rings. The van der Waals surface area contributed by atoms with E-state index in [-0.39, 0.29) is 0 Å². The zero-order chi connectivity index (χ0) is 23.3. The fraction of sp³-hybridized carbons (Fsp3) is 0.296. The summed E-state index contributed by atoms with van der Waals surface area (Å²) in [5, 5.41) is 14.0. The number of hydrogen-bond acceptors (Lipinski definition) is 6. The second-order valence-electron chi connectivity index (χ2n) is 8.35. The molecule has 1 aliphatic carbocycles. The van der Waals surface area contributed by atoms with Crippen molar-refractivity contribution in [2.24, 2.45) is 0 Å². The lowest BCUT2D eigenvalue weighted by Gasteiger charge is -2.21. The predicted molar refractivity (Wildman–Crippen MR) is 131 cm³/mol. The number of fused-ring (bicyclic) bond motifs is 2. The van der Waals surface area contributed by atoms with Crippen molar-refractivity contribution in [1.82, 2.24) is 14.5 Å². The van der Waals surface area contributed by atoms with E-state index in [1.807, 2.05) is 47.0 Å². The molecule has 0 bridgehead atoms. The first-order valence-electron chi connectivity index (χ1n) is 11.6. The van der Waals surface area contributed by atoms with Gasteiger partial charge in [-0.05, 0) is 43.4 Å². The highest BCUT2D eigenvalue weighted by molar-refractivity contribution is 5.89.